The van der Waals surface area contributed by atoms with Crippen molar-refractivity contribution in [1.29, 1.82) is 0 Å². The lowest BCUT2D eigenvalue weighted by Crippen LogP contribution is -2.14. The molecular formula is C25H19N5O3S. The molecule has 0 bridgehead atoms. The van der Waals surface area contributed by atoms with Crippen LogP contribution in [0.4, 0.5) is 5.69 Å². The molecule has 168 valence electrons. The number of fused-ring (bicyclic) bond motifs is 4. The number of carbonyl (C=O) groups excluding carboxylic acids is 1. The molecule has 9 heteroatoms. The van der Waals surface area contributed by atoms with Gasteiger partial charge in [0.05, 0.1) is 16.8 Å². The zero-order chi connectivity index (χ0) is 23.1. The van der Waals surface area contributed by atoms with Crippen LogP contribution in [0, 0.1) is 6.92 Å². The summed E-state index contributed by atoms with van der Waals surface area (Å²) in [6, 6.07) is 21.3. The van der Waals surface area contributed by atoms with Gasteiger partial charge in [0, 0.05) is 17.3 Å². The van der Waals surface area contributed by atoms with Crippen molar-refractivity contribution in [3.63, 3.8) is 0 Å². The molecule has 5 aromatic rings. The molecule has 3 aromatic carbocycles. The van der Waals surface area contributed by atoms with Gasteiger partial charge in [0.25, 0.3) is 0 Å². The van der Waals surface area contributed by atoms with E-state index in [2.05, 4.69) is 27.6 Å². The Hall–Kier alpha value is -4.11. The van der Waals surface area contributed by atoms with E-state index in [1.807, 2.05) is 47.7 Å². The van der Waals surface area contributed by atoms with Gasteiger partial charge < -0.3 is 14.8 Å². The molecule has 0 saturated heterocycles. The summed E-state index contributed by atoms with van der Waals surface area (Å²) in [5, 5.41) is 12.4. The van der Waals surface area contributed by atoms with Crippen LogP contribution < -0.4 is 14.8 Å². The van der Waals surface area contributed by atoms with Crippen molar-refractivity contribution in [1.82, 2.24) is 19.6 Å². The lowest BCUT2D eigenvalue weighted by atomic mass is 10.1. The highest BCUT2D eigenvalue weighted by Gasteiger charge is 2.18. The van der Waals surface area contributed by atoms with Crippen LogP contribution in [0.1, 0.15) is 5.56 Å². The van der Waals surface area contributed by atoms with E-state index in [1.54, 1.807) is 18.2 Å². The number of rotatable bonds is 5. The van der Waals surface area contributed by atoms with E-state index < -0.39 is 0 Å². The van der Waals surface area contributed by atoms with E-state index in [0.29, 0.717) is 27.9 Å². The van der Waals surface area contributed by atoms with Crippen molar-refractivity contribution in [2.75, 3.05) is 17.9 Å². The third-order valence-corrected chi connectivity index (χ3v) is 6.46. The van der Waals surface area contributed by atoms with E-state index in [4.69, 9.17) is 14.5 Å². The van der Waals surface area contributed by atoms with Gasteiger partial charge in [-0.1, -0.05) is 53.7 Å². The zero-order valence-corrected chi connectivity index (χ0v) is 19.0. The van der Waals surface area contributed by atoms with Crippen molar-refractivity contribution in [3.8, 4) is 22.9 Å². The quantitative estimate of drug-likeness (QED) is 0.373. The summed E-state index contributed by atoms with van der Waals surface area (Å²) in [5.74, 6) is 2.04. The van der Waals surface area contributed by atoms with Crippen LogP contribution in [0.25, 0.3) is 28.1 Å². The number of amides is 1. The average Bonchev–Trinajstić information content (AvgIpc) is 3.50. The molecule has 2 aromatic heterocycles. The second kappa shape index (κ2) is 8.35. The maximum atomic E-state index is 12.7. The normalized spacial score (nSPS) is 12.4. The highest BCUT2D eigenvalue weighted by molar-refractivity contribution is 8.00. The average molecular weight is 470 g/mol. The lowest BCUT2D eigenvalue weighted by molar-refractivity contribution is -0.113. The summed E-state index contributed by atoms with van der Waals surface area (Å²) >= 11 is 1.33. The van der Waals surface area contributed by atoms with E-state index in [1.165, 1.54) is 17.3 Å². The standard InChI is InChI=1S/C25H19N5O3S/c1-15-6-8-16(9-7-15)23-28-29-24-25(27-18-4-2-3-5-19(18)30(23)24)34-13-22(31)26-17-10-11-20-21(12-17)33-14-32-20/h2-12H,13-14H2,1H3,(H,26,31). The first kappa shape index (κ1) is 20.5. The number of hydrogen-bond donors (Lipinski definition) is 1. The molecule has 0 radical (unpaired) electrons. The van der Waals surface area contributed by atoms with Gasteiger partial charge in [-0.25, -0.2) is 4.98 Å². The van der Waals surface area contributed by atoms with Crippen LogP contribution in [-0.2, 0) is 4.79 Å². The monoisotopic (exact) mass is 469 g/mol. The van der Waals surface area contributed by atoms with E-state index in [-0.39, 0.29) is 18.5 Å². The van der Waals surface area contributed by atoms with Gasteiger partial charge in [0.1, 0.15) is 5.03 Å². The van der Waals surface area contributed by atoms with Gasteiger partial charge in [-0.05, 0) is 31.2 Å². The molecule has 0 fully saturated rings. The van der Waals surface area contributed by atoms with Crippen LogP contribution in [0.5, 0.6) is 11.5 Å². The Kier molecular flexibility index (Phi) is 5.03. The third-order valence-electron chi connectivity index (χ3n) is 5.51. The smallest absolute Gasteiger partial charge is 0.234 e. The molecule has 1 N–H and O–H groups in total. The number of para-hydroxylation sites is 2. The molecule has 0 saturated carbocycles. The molecule has 0 unspecified atom stereocenters. The SMILES string of the molecule is Cc1ccc(-c2nnc3c(SCC(=O)Nc4ccc5c(c4)OCO5)nc4ccccc4n23)cc1. The number of hydrogen-bond acceptors (Lipinski definition) is 7. The van der Waals surface area contributed by atoms with Crippen molar-refractivity contribution in [2.45, 2.75) is 11.9 Å². The summed E-state index contributed by atoms with van der Waals surface area (Å²) in [4.78, 5) is 17.4. The Morgan fingerprint density at radius 1 is 1.03 bits per heavy atom. The Balaban J connectivity index is 1.31. The summed E-state index contributed by atoms with van der Waals surface area (Å²) in [6.07, 6.45) is 0. The van der Waals surface area contributed by atoms with Crippen molar-refractivity contribution < 1.29 is 14.3 Å². The zero-order valence-electron chi connectivity index (χ0n) is 18.2. The minimum absolute atomic E-state index is 0.157. The molecule has 0 aliphatic carbocycles. The van der Waals surface area contributed by atoms with Crippen LogP contribution in [-0.4, -0.2) is 38.0 Å². The predicted molar refractivity (Wildman–Crippen MR) is 130 cm³/mol. The first-order valence-corrected chi connectivity index (χ1v) is 11.7. The van der Waals surface area contributed by atoms with Crippen LogP contribution >= 0.6 is 11.8 Å². The molecule has 1 aliphatic rings. The number of nitrogens with one attached hydrogen (secondary N) is 1. The Bertz CT molecular complexity index is 1550. The molecule has 0 spiro atoms. The molecule has 34 heavy (non-hydrogen) atoms. The Morgan fingerprint density at radius 3 is 2.74 bits per heavy atom. The summed E-state index contributed by atoms with van der Waals surface area (Å²) in [5.41, 5.74) is 5.12. The number of thioether (sulfide) groups is 1. The van der Waals surface area contributed by atoms with E-state index >= 15 is 0 Å². The second-order valence-electron chi connectivity index (χ2n) is 7.86. The van der Waals surface area contributed by atoms with Gasteiger partial charge >= 0.3 is 0 Å². The molecular weight excluding hydrogens is 450 g/mol. The van der Waals surface area contributed by atoms with Crippen LogP contribution in [0.3, 0.4) is 0 Å². The number of aryl methyl sites for hydroxylation is 1. The highest BCUT2D eigenvalue weighted by atomic mass is 32.2. The number of benzene rings is 3. The largest absolute Gasteiger partial charge is 0.454 e. The molecule has 3 heterocycles. The lowest BCUT2D eigenvalue weighted by Gasteiger charge is -2.09. The fourth-order valence-corrected chi connectivity index (χ4v) is 4.61. The highest BCUT2D eigenvalue weighted by Crippen LogP contribution is 2.34. The van der Waals surface area contributed by atoms with E-state index in [9.17, 15) is 4.79 Å². The molecule has 6 rings (SSSR count). The van der Waals surface area contributed by atoms with Crippen molar-refractivity contribution in [3.05, 3.63) is 72.3 Å². The molecule has 0 atom stereocenters. The number of ether oxygens (including phenoxy) is 2. The van der Waals surface area contributed by atoms with Gasteiger partial charge in [0.15, 0.2) is 23.0 Å². The molecule has 1 aliphatic heterocycles. The topological polar surface area (TPSA) is 90.6 Å². The van der Waals surface area contributed by atoms with Gasteiger partial charge in [0.2, 0.25) is 12.7 Å². The number of carbonyl (C=O) groups is 1. The summed E-state index contributed by atoms with van der Waals surface area (Å²) < 4.78 is 12.7. The number of aromatic nitrogens is 4. The minimum Gasteiger partial charge on any atom is -0.454 e. The fraction of sp³-hybridized carbons (Fsp3) is 0.120. The maximum Gasteiger partial charge on any atom is 0.234 e. The Labute approximate surface area is 198 Å². The maximum absolute atomic E-state index is 12.7. The first-order chi connectivity index (χ1) is 16.7. The minimum atomic E-state index is -0.157. The van der Waals surface area contributed by atoms with Crippen LogP contribution in [0.15, 0.2) is 71.8 Å². The van der Waals surface area contributed by atoms with Gasteiger partial charge in [-0.2, -0.15) is 0 Å². The fourth-order valence-electron chi connectivity index (χ4n) is 3.85. The van der Waals surface area contributed by atoms with Gasteiger partial charge in [-0.15, -0.1) is 10.2 Å². The van der Waals surface area contributed by atoms with Crippen LogP contribution in [0.2, 0.25) is 0 Å². The number of nitrogens with zero attached hydrogens (tertiary/aromatic N) is 4. The second-order valence-corrected chi connectivity index (χ2v) is 8.82. The van der Waals surface area contributed by atoms with Crippen molar-refractivity contribution in [2.24, 2.45) is 0 Å². The van der Waals surface area contributed by atoms with Crippen molar-refractivity contribution >= 4 is 40.0 Å². The number of anilines is 1. The molecule has 1 amide bonds. The van der Waals surface area contributed by atoms with E-state index in [0.717, 1.165) is 22.4 Å². The third kappa shape index (κ3) is 3.69. The summed E-state index contributed by atoms with van der Waals surface area (Å²) in [6.45, 7) is 2.24. The first-order valence-electron chi connectivity index (χ1n) is 10.7. The Morgan fingerprint density at radius 2 is 1.85 bits per heavy atom. The summed E-state index contributed by atoms with van der Waals surface area (Å²) in [7, 11) is 0. The molecule has 8 nitrogen and oxygen atoms in total. The predicted octanol–water partition coefficient (Wildman–Crippen LogP) is 4.71. The van der Waals surface area contributed by atoms with Gasteiger partial charge in [-0.3, -0.25) is 9.20 Å².